The highest BCUT2D eigenvalue weighted by Gasteiger charge is 2.01. The molecule has 0 aliphatic heterocycles. The molecule has 0 heterocycles. The van der Waals surface area contributed by atoms with E-state index < -0.39 is 0 Å². The van der Waals surface area contributed by atoms with E-state index in [-0.39, 0.29) is 5.75 Å². The van der Waals surface area contributed by atoms with Gasteiger partial charge in [0.1, 0.15) is 11.5 Å². The van der Waals surface area contributed by atoms with Crippen LogP contribution in [0.25, 0.3) is 0 Å². The molecule has 0 bridgehead atoms. The maximum atomic E-state index is 9.75. The van der Waals surface area contributed by atoms with Crippen LogP contribution in [-0.4, -0.2) is 25.5 Å². The minimum atomic E-state index is 0.172. The first kappa shape index (κ1) is 13.0. The topological polar surface area (TPSA) is 45.1 Å². The first-order valence-corrected chi connectivity index (χ1v) is 5.90. The number of hydrogen-bond acceptors (Lipinski definition) is 4. The fourth-order valence-electron chi connectivity index (χ4n) is 1.62. The molecular weight excluding hydrogens is 240 g/mol. The molecule has 2 rings (SSSR count). The predicted octanol–water partition coefficient (Wildman–Crippen LogP) is 2.87. The number of rotatable bonds is 4. The number of hydrazone groups is 1. The third-order valence-electron chi connectivity index (χ3n) is 2.73. The van der Waals surface area contributed by atoms with Crippen molar-refractivity contribution in [3.05, 3.63) is 54.1 Å². The molecule has 0 radical (unpaired) electrons. The van der Waals surface area contributed by atoms with E-state index in [9.17, 15) is 5.11 Å². The number of ether oxygens (including phenoxy) is 1. The molecule has 4 nitrogen and oxygen atoms in total. The van der Waals surface area contributed by atoms with Crippen molar-refractivity contribution in [2.24, 2.45) is 5.10 Å². The molecule has 0 unspecified atom stereocenters. The van der Waals surface area contributed by atoms with Gasteiger partial charge in [-0.15, -0.1) is 0 Å². The number of nitrogens with zero attached hydrogens (tertiary/aromatic N) is 2. The SMILES string of the molecule is COc1ccc(O)c(/C=N/N(C)c2ccccc2)c1. The van der Waals surface area contributed by atoms with E-state index in [0.29, 0.717) is 11.3 Å². The monoisotopic (exact) mass is 256 g/mol. The van der Waals surface area contributed by atoms with Gasteiger partial charge in [0.15, 0.2) is 0 Å². The molecule has 0 aromatic heterocycles. The first-order chi connectivity index (χ1) is 9.20. The fourth-order valence-corrected chi connectivity index (χ4v) is 1.62. The Balaban J connectivity index is 2.18. The third-order valence-corrected chi connectivity index (χ3v) is 2.73. The van der Waals surface area contributed by atoms with Gasteiger partial charge >= 0.3 is 0 Å². The number of phenols is 1. The van der Waals surface area contributed by atoms with Gasteiger partial charge in [0.25, 0.3) is 0 Å². The van der Waals surface area contributed by atoms with Gasteiger partial charge in [0, 0.05) is 12.6 Å². The summed E-state index contributed by atoms with van der Waals surface area (Å²) in [6, 6.07) is 14.8. The molecule has 4 heteroatoms. The minimum Gasteiger partial charge on any atom is -0.507 e. The number of para-hydroxylation sites is 1. The zero-order valence-corrected chi connectivity index (χ0v) is 10.9. The molecule has 0 spiro atoms. The van der Waals surface area contributed by atoms with Crippen LogP contribution in [0.4, 0.5) is 5.69 Å². The Hall–Kier alpha value is -2.49. The Morgan fingerprint density at radius 1 is 1.16 bits per heavy atom. The summed E-state index contributed by atoms with van der Waals surface area (Å²) in [4.78, 5) is 0. The van der Waals surface area contributed by atoms with E-state index >= 15 is 0 Å². The minimum absolute atomic E-state index is 0.172. The summed E-state index contributed by atoms with van der Waals surface area (Å²) in [5, 5.41) is 15.8. The predicted molar refractivity (Wildman–Crippen MR) is 77.1 cm³/mol. The van der Waals surface area contributed by atoms with Crippen LogP contribution in [0.2, 0.25) is 0 Å². The first-order valence-electron chi connectivity index (χ1n) is 5.90. The molecule has 2 aromatic rings. The lowest BCUT2D eigenvalue weighted by Crippen LogP contribution is -2.08. The van der Waals surface area contributed by atoms with Crippen LogP contribution in [0.3, 0.4) is 0 Å². The summed E-state index contributed by atoms with van der Waals surface area (Å²) in [5.41, 5.74) is 1.59. The van der Waals surface area contributed by atoms with E-state index in [2.05, 4.69) is 5.10 Å². The second-order valence-electron chi connectivity index (χ2n) is 4.03. The van der Waals surface area contributed by atoms with E-state index in [4.69, 9.17) is 4.74 Å². The zero-order valence-electron chi connectivity index (χ0n) is 10.9. The maximum absolute atomic E-state index is 9.75. The summed E-state index contributed by atoms with van der Waals surface area (Å²) < 4.78 is 5.11. The van der Waals surface area contributed by atoms with Crippen molar-refractivity contribution >= 4 is 11.9 Å². The lowest BCUT2D eigenvalue weighted by molar-refractivity contribution is 0.412. The van der Waals surface area contributed by atoms with Gasteiger partial charge in [-0.05, 0) is 30.3 Å². The lowest BCUT2D eigenvalue weighted by Gasteiger charge is -2.12. The average molecular weight is 256 g/mol. The van der Waals surface area contributed by atoms with Gasteiger partial charge < -0.3 is 9.84 Å². The third kappa shape index (κ3) is 3.25. The number of methoxy groups -OCH3 is 1. The van der Waals surface area contributed by atoms with E-state index in [0.717, 1.165) is 5.69 Å². The second kappa shape index (κ2) is 5.91. The zero-order chi connectivity index (χ0) is 13.7. The number of hydrogen-bond donors (Lipinski definition) is 1. The van der Waals surface area contributed by atoms with Gasteiger partial charge in [0.05, 0.1) is 19.0 Å². The van der Waals surface area contributed by atoms with Gasteiger partial charge in [-0.3, -0.25) is 5.01 Å². The Kier molecular flexibility index (Phi) is 4.03. The standard InChI is InChI=1S/C15H16N2O2/c1-17(13-6-4-3-5-7-13)16-11-12-10-14(19-2)8-9-15(12)18/h3-11,18H,1-2H3/b16-11+. The van der Waals surface area contributed by atoms with Crippen molar-refractivity contribution in [2.45, 2.75) is 0 Å². The molecular formula is C15H16N2O2. The average Bonchev–Trinajstić information content (AvgIpc) is 2.47. The summed E-state index contributed by atoms with van der Waals surface area (Å²) in [6.07, 6.45) is 1.60. The van der Waals surface area contributed by atoms with Crippen LogP contribution >= 0.6 is 0 Å². The molecule has 2 aromatic carbocycles. The quantitative estimate of drug-likeness (QED) is 0.675. The van der Waals surface area contributed by atoms with E-state index in [1.54, 1.807) is 36.5 Å². The molecule has 0 saturated carbocycles. The Morgan fingerprint density at radius 3 is 2.58 bits per heavy atom. The number of benzene rings is 2. The molecule has 1 N–H and O–H groups in total. The van der Waals surface area contributed by atoms with Gasteiger partial charge in [-0.2, -0.15) is 5.10 Å². The fraction of sp³-hybridized carbons (Fsp3) is 0.133. The van der Waals surface area contributed by atoms with Crippen LogP contribution in [0, 0.1) is 0 Å². The molecule has 98 valence electrons. The van der Waals surface area contributed by atoms with Gasteiger partial charge in [0.2, 0.25) is 0 Å². The Labute approximate surface area is 112 Å². The summed E-state index contributed by atoms with van der Waals surface area (Å²) in [7, 11) is 3.44. The van der Waals surface area contributed by atoms with Crippen molar-refractivity contribution in [3.63, 3.8) is 0 Å². The highest BCUT2D eigenvalue weighted by molar-refractivity contribution is 5.84. The Bertz CT molecular complexity index is 568. The van der Waals surface area contributed by atoms with E-state index in [1.165, 1.54) is 0 Å². The lowest BCUT2D eigenvalue weighted by atomic mass is 10.2. The summed E-state index contributed by atoms with van der Waals surface area (Å²) in [6.45, 7) is 0. The van der Waals surface area contributed by atoms with Crippen LogP contribution in [0.1, 0.15) is 5.56 Å². The smallest absolute Gasteiger partial charge is 0.124 e. The molecule has 0 saturated heterocycles. The molecule has 0 fully saturated rings. The van der Waals surface area contributed by atoms with Crippen molar-refractivity contribution < 1.29 is 9.84 Å². The number of phenolic OH excluding ortho intramolecular Hbond substituents is 1. The molecule has 19 heavy (non-hydrogen) atoms. The van der Waals surface area contributed by atoms with Gasteiger partial charge in [-0.1, -0.05) is 18.2 Å². The highest BCUT2D eigenvalue weighted by Crippen LogP contribution is 2.21. The second-order valence-corrected chi connectivity index (χ2v) is 4.03. The summed E-state index contributed by atoms with van der Waals surface area (Å²) in [5.74, 6) is 0.854. The molecule has 0 amide bonds. The van der Waals surface area contributed by atoms with Crippen molar-refractivity contribution in [3.8, 4) is 11.5 Å². The molecule has 0 aliphatic carbocycles. The van der Waals surface area contributed by atoms with E-state index in [1.807, 2.05) is 37.4 Å². The van der Waals surface area contributed by atoms with Gasteiger partial charge in [-0.25, -0.2) is 0 Å². The summed E-state index contributed by atoms with van der Waals surface area (Å²) >= 11 is 0. The maximum Gasteiger partial charge on any atom is 0.124 e. The molecule has 0 aliphatic rings. The number of anilines is 1. The van der Waals surface area contributed by atoms with Crippen LogP contribution in [-0.2, 0) is 0 Å². The van der Waals surface area contributed by atoms with Crippen LogP contribution in [0.5, 0.6) is 11.5 Å². The van der Waals surface area contributed by atoms with Crippen molar-refractivity contribution in [1.82, 2.24) is 0 Å². The normalized spacial score (nSPS) is 10.6. The largest absolute Gasteiger partial charge is 0.507 e. The number of aromatic hydroxyl groups is 1. The van der Waals surface area contributed by atoms with Crippen LogP contribution in [0.15, 0.2) is 53.6 Å². The van der Waals surface area contributed by atoms with Crippen LogP contribution < -0.4 is 9.75 Å². The highest BCUT2D eigenvalue weighted by atomic mass is 16.5. The molecule has 0 atom stereocenters. The van der Waals surface area contributed by atoms with Crippen molar-refractivity contribution in [1.29, 1.82) is 0 Å². The van der Waals surface area contributed by atoms with Crippen molar-refractivity contribution in [2.75, 3.05) is 19.2 Å². The Morgan fingerprint density at radius 2 is 1.89 bits per heavy atom.